The summed E-state index contributed by atoms with van der Waals surface area (Å²) in [7, 11) is 0. The van der Waals surface area contributed by atoms with E-state index in [0.29, 0.717) is 0 Å². The Morgan fingerprint density at radius 2 is 1.68 bits per heavy atom. The molecule has 2 rings (SSSR count). The molecule has 3 N–H and O–H groups in total. The second-order valence-electron chi connectivity index (χ2n) is 4.63. The maximum atomic E-state index is 9.84. The Balaban J connectivity index is 2.10. The molecule has 0 aliphatic carbocycles. The van der Waals surface area contributed by atoms with Gasteiger partial charge in [0.05, 0.1) is 0 Å². The van der Waals surface area contributed by atoms with E-state index in [-0.39, 0.29) is 23.6 Å². The lowest BCUT2D eigenvalue weighted by Gasteiger charge is -2.21. The van der Waals surface area contributed by atoms with Crippen molar-refractivity contribution in [1.29, 1.82) is 0 Å². The Labute approximate surface area is 112 Å². The number of aromatic nitrogens is 1. The quantitative estimate of drug-likeness (QED) is 0.789. The van der Waals surface area contributed by atoms with Gasteiger partial charge < -0.3 is 15.5 Å². The molecule has 0 bridgehead atoms. The zero-order valence-electron chi connectivity index (χ0n) is 11.0. The summed E-state index contributed by atoms with van der Waals surface area (Å²) in [5.74, 6) is 0.164. The molecule has 19 heavy (non-hydrogen) atoms. The lowest BCUT2D eigenvalue weighted by atomic mass is 10.0. The average molecular weight is 258 g/mol. The predicted molar refractivity (Wildman–Crippen MR) is 74.0 cm³/mol. The molecule has 4 nitrogen and oxygen atoms in total. The highest BCUT2D eigenvalue weighted by molar-refractivity contribution is 5.40. The Morgan fingerprint density at radius 1 is 1.00 bits per heavy atom. The van der Waals surface area contributed by atoms with Crippen molar-refractivity contribution in [3.8, 4) is 11.5 Å². The fraction of sp³-hybridized carbons (Fsp3) is 0.267. The van der Waals surface area contributed by atoms with Gasteiger partial charge in [0.1, 0.15) is 11.5 Å². The lowest BCUT2D eigenvalue weighted by Crippen LogP contribution is -2.22. The van der Waals surface area contributed by atoms with Gasteiger partial charge in [0.25, 0.3) is 0 Å². The third kappa shape index (κ3) is 3.23. The predicted octanol–water partition coefficient (Wildman–Crippen LogP) is 2.90. The molecule has 2 aromatic rings. The van der Waals surface area contributed by atoms with Crippen LogP contribution < -0.4 is 5.32 Å². The topological polar surface area (TPSA) is 65.4 Å². The number of phenolic OH excluding ortho intramolecular Hbond substituents is 2. The van der Waals surface area contributed by atoms with Gasteiger partial charge in [-0.15, -0.1) is 0 Å². The molecule has 0 radical (unpaired) electrons. The van der Waals surface area contributed by atoms with Gasteiger partial charge in [-0.05, 0) is 37.6 Å². The van der Waals surface area contributed by atoms with Crippen LogP contribution >= 0.6 is 0 Å². The van der Waals surface area contributed by atoms with Crippen LogP contribution in [0.1, 0.15) is 37.1 Å². The molecule has 0 spiro atoms. The summed E-state index contributed by atoms with van der Waals surface area (Å²) in [4.78, 5) is 3.99. The van der Waals surface area contributed by atoms with Gasteiger partial charge in [-0.25, -0.2) is 0 Å². The molecular weight excluding hydrogens is 240 g/mol. The Kier molecular flexibility index (Phi) is 4.02. The van der Waals surface area contributed by atoms with E-state index in [1.807, 2.05) is 19.1 Å². The molecule has 0 aliphatic heterocycles. The van der Waals surface area contributed by atoms with E-state index in [4.69, 9.17) is 0 Å². The summed E-state index contributed by atoms with van der Waals surface area (Å²) < 4.78 is 0. The maximum Gasteiger partial charge on any atom is 0.124 e. The fourth-order valence-corrected chi connectivity index (χ4v) is 2.11. The minimum absolute atomic E-state index is 0.0243. The van der Waals surface area contributed by atoms with Gasteiger partial charge >= 0.3 is 0 Å². The summed E-state index contributed by atoms with van der Waals surface area (Å²) in [6.07, 6.45) is 3.52. The van der Waals surface area contributed by atoms with Gasteiger partial charge in [-0.1, -0.05) is 6.07 Å². The molecule has 1 heterocycles. The van der Waals surface area contributed by atoms with Gasteiger partial charge in [-0.2, -0.15) is 0 Å². The Bertz CT molecular complexity index is 543. The number of pyridine rings is 1. The molecule has 0 amide bonds. The van der Waals surface area contributed by atoms with Gasteiger partial charge in [0, 0.05) is 36.1 Å². The van der Waals surface area contributed by atoms with Crippen molar-refractivity contribution in [3.63, 3.8) is 0 Å². The average Bonchev–Trinajstić information content (AvgIpc) is 2.39. The SMILES string of the molecule is CC(NC(C)c1ccc(O)cc1O)c1ccncc1. The van der Waals surface area contributed by atoms with Crippen LogP contribution in [0.5, 0.6) is 11.5 Å². The van der Waals surface area contributed by atoms with E-state index >= 15 is 0 Å². The molecule has 1 aromatic heterocycles. The largest absolute Gasteiger partial charge is 0.508 e. The van der Waals surface area contributed by atoms with Gasteiger partial charge in [0.15, 0.2) is 0 Å². The van der Waals surface area contributed by atoms with Crippen LogP contribution in [0.3, 0.4) is 0 Å². The van der Waals surface area contributed by atoms with Crippen molar-refractivity contribution in [1.82, 2.24) is 10.3 Å². The van der Waals surface area contributed by atoms with Crippen molar-refractivity contribution in [3.05, 3.63) is 53.9 Å². The fourth-order valence-electron chi connectivity index (χ4n) is 2.11. The third-order valence-corrected chi connectivity index (χ3v) is 3.19. The lowest BCUT2D eigenvalue weighted by molar-refractivity contribution is 0.427. The standard InChI is InChI=1S/C15H18N2O2/c1-10(12-5-7-16-8-6-12)17-11(2)14-4-3-13(18)9-15(14)19/h3-11,17-19H,1-2H3. The number of nitrogens with zero attached hydrogens (tertiary/aromatic N) is 1. The first-order valence-electron chi connectivity index (χ1n) is 6.26. The van der Waals surface area contributed by atoms with Gasteiger partial charge in [-0.3, -0.25) is 4.98 Å². The highest BCUT2D eigenvalue weighted by Gasteiger charge is 2.14. The van der Waals surface area contributed by atoms with Crippen molar-refractivity contribution >= 4 is 0 Å². The van der Waals surface area contributed by atoms with Crippen molar-refractivity contribution in [2.24, 2.45) is 0 Å². The second-order valence-corrected chi connectivity index (χ2v) is 4.63. The highest BCUT2D eigenvalue weighted by atomic mass is 16.3. The molecule has 4 heteroatoms. The van der Waals surface area contributed by atoms with Crippen molar-refractivity contribution < 1.29 is 10.2 Å². The molecule has 0 fully saturated rings. The van der Waals surface area contributed by atoms with Crippen LogP contribution in [0.2, 0.25) is 0 Å². The Morgan fingerprint density at radius 3 is 2.32 bits per heavy atom. The van der Waals surface area contributed by atoms with Crippen LogP contribution in [0.4, 0.5) is 0 Å². The van der Waals surface area contributed by atoms with E-state index in [0.717, 1.165) is 11.1 Å². The zero-order chi connectivity index (χ0) is 13.8. The zero-order valence-corrected chi connectivity index (χ0v) is 11.0. The number of hydrogen-bond acceptors (Lipinski definition) is 4. The maximum absolute atomic E-state index is 9.84. The second kappa shape index (κ2) is 5.71. The van der Waals surface area contributed by atoms with Crippen LogP contribution in [0, 0.1) is 0 Å². The van der Waals surface area contributed by atoms with E-state index < -0.39 is 0 Å². The number of rotatable bonds is 4. The molecule has 0 saturated heterocycles. The molecular formula is C15H18N2O2. The van der Waals surface area contributed by atoms with Crippen LogP contribution in [-0.2, 0) is 0 Å². The van der Waals surface area contributed by atoms with E-state index in [1.165, 1.54) is 6.07 Å². The Hall–Kier alpha value is -2.07. The summed E-state index contributed by atoms with van der Waals surface area (Å²) >= 11 is 0. The number of nitrogens with one attached hydrogen (secondary N) is 1. The number of aromatic hydroxyl groups is 2. The van der Waals surface area contributed by atoms with E-state index in [1.54, 1.807) is 24.5 Å². The summed E-state index contributed by atoms with van der Waals surface area (Å²) in [6.45, 7) is 4.03. The van der Waals surface area contributed by atoms with Crippen LogP contribution in [0.15, 0.2) is 42.7 Å². The summed E-state index contributed by atoms with van der Waals surface area (Å²) in [5.41, 5.74) is 1.90. The summed E-state index contributed by atoms with van der Waals surface area (Å²) in [5, 5.41) is 22.5. The molecule has 2 unspecified atom stereocenters. The monoisotopic (exact) mass is 258 g/mol. The van der Waals surface area contributed by atoms with E-state index in [2.05, 4.69) is 17.2 Å². The van der Waals surface area contributed by atoms with Crippen LogP contribution in [0.25, 0.3) is 0 Å². The van der Waals surface area contributed by atoms with Crippen LogP contribution in [-0.4, -0.2) is 15.2 Å². The van der Waals surface area contributed by atoms with Crippen molar-refractivity contribution in [2.75, 3.05) is 0 Å². The molecule has 2 atom stereocenters. The first kappa shape index (κ1) is 13.4. The summed E-state index contributed by atoms with van der Waals surface area (Å²) in [6, 6.07) is 8.69. The van der Waals surface area contributed by atoms with E-state index in [9.17, 15) is 10.2 Å². The first-order valence-corrected chi connectivity index (χ1v) is 6.26. The number of phenols is 2. The minimum atomic E-state index is -0.0243. The smallest absolute Gasteiger partial charge is 0.124 e. The molecule has 1 aromatic carbocycles. The molecule has 0 saturated carbocycles. The molecule has 0 aliphatic rings. The van der Waals surface area contributed by atoms with Gasteiger partial charge in [0.2, 0.25) is 0 Å². The molecule has 100 valence electrons. The highest BCUT2D eigenvalue weighted by Crippen LogP contribution is 2.29. The number of hydrogen-bond donors (Lipinski definition) is 3. The van der Waals surface area contributed by atoms with Crippen molar-refractivity contribution in [2.45, 2.75) is 25.9 Å². The third-order valence-electron chi connectivity index (χ3n) is 3.19. The first-order chi connectivity index (χ1) is 9.08. The normalized spacial score (nSPS) is 14.0. The minimum Gasteiger partial charge on any atom is -0.508 e. The number of benzene rings is 1.